The molecule has 4 N–H and O–H groups in total. The van der Waals surface area contributed by atoms with Crippen LogP contribution < -0.4 is 11.4 Å². The zero-order valence-electron chi connectivity index (χ0n) is 10.8. The second-order valence-corrected chi connectivity index (χ2v) is 5.22. The van der Waals surface area contributed by atoms with Crippen LogP contribution in [0.4, 0.5) is 5.69 Å². The number of nitrogens with zero attached hydrogens (tertiary/aromatic N) is 3. The van der Waals surface area contributed by atoms with Crippen molar-refractivity contribution in [1.29, 1.82) is 0 Å². The van der Waals surface area contributed by atoms with Crippen LogP contribution in [-0.2, 0) is 0 Å². The van der Waals surface area contributed by atoms with Gasteiger partial charge in [-0.1, -0.05) is 0 Å². The largest absolute Gasteiger partial charge is 0.478 e. The second kappa shape index (κ2) is 5.37. The molecular formula is C11H13N5O3S. The molecule has 0 amide bonds. The van der Waals surface area contributed by atoms with Gasteiger partial charge in [-0.25, -0.2) is 19.7 Å². The minimum Gasteiger partial charge on any atom is -0.478 e. The summed E-state index contributed by atoms with van der Waals surface area (Å²) in [4.78, 5) is 26.7. The highest BCUT2D eigenvalue weighted by molar-refractivity contribution is 7.99. The van der Waals surface area contributed by atoms with Crippen molar-refractivity contribution in [1.82, 2.24) is 19.7 Å². The number of anilines is 1. The van der Waals surface area contributed by atoms with Gasteiger partial charge in [0.2, 0.25) is 0 Å². The molecule has 9 heteroatoms. The van der Waals surface area contributed by atoms with Gasteiger partial charge in [0.15, 0.2) is 5.16 Å². The first-order valence-electron chi connectivity index (χ1n) is 5.74. The molecule has 0 saturated heterocycles. The minimum atomic E-state index is -1.13. The lowest BCUT2D eigenvalue weighted by atomic mass is 10.2. The maximum absolute atomic E-state index is 11.6. The summed E-state index contributed by atoms with van der Waals surface area (Å²) in [5, 5.41) is 15.9. The number of carboxylic acids is 1. The number of hydrogen-bond donors (Lipinski definition) is 3. The highest BCUT2D eigenvalue weighted by Gasteiger charge is 2.18. The molecule has 0 aliphatic rings. The van der Waals surface area contributed by atoms with Crippen molar-refractivity contribution >= 4 is 23.4 Å². The third-order valence-electron chi connectivity index (χ3n) is 2.56. The van der Waals surface area contributed by atoms with E-state index in [1.807, 2.05) is 13.8 Å². The average molecular weight is 295 g/mol. The van der Waals surface area contributed by atoms with E-state index >= 15 is 0 Å². The average Bonchev–Trinajstić information content (AvgIpc) is 2.72. The minimum absolute atomic E-state index is 0.0310. The maximum atomic E-state index is 11.6. The highest BCUT2D eigenvalue weighted by Crippen LogP contribution is 2.30. The molecule has 0 fully saturated rings. The molecule has 8 nitrogen and oxygen atoms in total. The lowest BCUT2D eigenvalue weighted by molar-refractivity contribution is 0.0697. The van der Waals surface area contributed by atoms with E-state index in [9.17, 15) is 9.59 Å². The first kappa shape index (κ1) is 14.1. The molecule has 2 rings (SSSR count). The lowest BCUT2D eigenvalue weighted by Crippen LogP contribution is -2.19. The zero-order valence-corrected chi connectivity index (χ0v) is 11.6. The van der Waals surface area contributed by atoms with Crippen LogP contribution in [0.15, 0.2) is 27.2 Å². The molecule has 2 heterocycles. The molecule has 0 spiro atoms. The Hall–Kier alpha value is -2.29. The molecule has 0 unspecified atom stereocenters. The molecule has 0 atom stereocenters. The summed E-state index contributed by atoms with van der Waals surface area (Å²) in [5.41, 5.74) is 5.46. The van der Waals surface area contributed by atoms with Gasteiger partial charge in [0.25, 0.3) is 0 Å². The van der Waals surface area contributed by atoms with Gasteiger partial charge in [-0.15, -0.1) is 5.10 Å². The van der Waals surface area contributed by atoms with Gasteiger partial charge in [-0.2, -0.15) is 0 Å². The van der Waals surface area contributed by atoms with E-state index in [-0.39, 0.29) is 23.0 Å². The van der Waals surface area contributed by atoms with Crippen molar-refractivity contribution in [3.8, 4) is 0 Å². The third kappa shape index (κ3) is 2.52. The summed E-state index contributed by atoms with van der Waals surface area (Å²) < 4.78 is 1.44. The smallest absolute Gasteiger partial charge is 0.344 e. The number of aromatic nitrogens is 4. The summed E-state index contributed by atoms with van der Waals surface area (Å²) >= 11 is 1.04. The topological polar surface area (TPSA) is 127 Å². The fourth-order valence-corrected chi connectivity index (χ4v) is 2.62. The molecular weight excluding hydrogens is 282 g/mol. The van der Waals surface area contributed by atoms with E-state index in [0.717, 1.165) is 11.8 Å². The van der Waals surface area contributed by atoms with Gasteiger partial charge in [0, 0.05) is 12.2 Å². The van der Waals surface area contributed by atoms with Crippen LogP contribution >= 0.6 is 11.8 Å². The molecule has 0 saturated carbocycles. The van der Waals surface area contributed by atoms with Crippen molar-refractivity contribution in [2.45, 2.75) is 30.1 Å². The Morgan fingerprint density at radius 3 is 2.85 bits per heavy atom. The standard InChI is InChI=1S/C11H13N5O3S/c1-5(2)16-10(19)14-15-11(16)20-8-7(12)6(9(17)18)3-4-13-8/h3-5H,12H2,1-2H3,(H,14,19)(H,17,18). The quantitative estimate of drug-likeness (QED) is 0.767. The Kier molecular flexibility index (Phi) is 3.79. The zero-order chi connectivity index (χ0) is 14.9. The van der Waals surface area contributed by atoms with Gasteiger partial charge in [-0.3, -0.25) is 4.57 Å². The van der Waals surface area contributed by atoms with E-state index in [1.54, 1.807) is 0 Å². The number of nitrogen functional groups attached to an aromatic ring is 1. The first-order chi connectivity index (χ1) is 9.41. The van der Waals surface area contributed by atoms with E-state index in [1.165, 1.54) is 16.8 Å². The van der Waals surface area contributed by atoms with E-state index < -0.39 is 5.97 Å². The Balaban J connectivity index is 2.44. The molecule has 0 aromatic carbocycles. The van der Waals surface area contributed by atoms with Crippen molar-refractivity contribution in [3.05, 3.63) is 28.3 Å². The van der Waals surface area contributed by atoms with Crippen molar-refractivity contribution < 1.29 is 9.90 Å². The van der Waals surface area contributed by atoms with Crippen LogP contribution in [0.3, 0.4) is 0 Å². The number of rotatable bonds is 4. The number of H-pyrrole nitrogens is 1. The summed E-state index contributed by atoms with van der Waals surface area (Å²) in [6, 6.07) is 1.23. The summed E-state index contributed by atoms with van der Waals surface area (Å²) in [5.74, 6) is -1.13. The van der Waals surface area contributed by atoms with Crippen molar-refractivity contribution in [3.63, 3.8) is 0 Å². The Labute approximate surface area is 118 Å². The summed E-state index contributed by atoms with van der Waals surface area (Å²) in [6.07, 6.45) is 1.35. The maximum Gasteiger partial charge on any atom is 0.344 e. The van der Waals surface area contributed by atoms with Gasteiger partial charge >= 0.3 is 11.7 Å². The predicted molar refractivity (Wildman–Crippen MR) is 73.0 cm³/mol. The van der Waals surface area contributed by atoms with Gasteiger partial charge < -0.3 is 10.8 Å². The molecule has 2 aromatic rings. The van der Waals surface area contributed by atoms with Crippen LogP contribution in [0.25, 0.3) is 0 Å². The number of aromatic carboxylic acids is 1. The fraction of sp³-hybridized carbons (Fsp3) is 0.273. The highest BCUT2D eigenvalue weighted by atomic mass is 32.2. The number of carbonyl (C=O) groups is 1. The number of pyridine rings is 1. The van der Waals surface area contributed by atoms with Crippen molar-refractivity contribution in [2.24, 2.45) is 0 Å². The van der Waals surface area contributed by atoms with Gasteiger partial charge in [-0.05, 0) is 31.7 Å². The Bertz CT molecular complexity index is 706. The summed E-state index contributed by atoms with van der Waals surface area (Å²) in [7, 11) is 0. The number of hydrogen-bond acceptors (Lipinski definition) is 6. The van der Waals surface area contributed by atoms with E-state index in [2.05, 4.69) is 15.2 Å². The predicted octanol–water partition coefficient (Wildman–Crippen LogP) is 0.979. The number of nitrogens with two attached hydrogens (primary N) is 1. The SMILES string of the molecule is CC(C)n1c(Sc2nccc(C(=O)O)c2N)n[nH]c1=O. The molecule has 2 aromatic heterocycles. The number of aromatic amines is 1. The monoisotopic (exact) mass is 295 g/mol. The second-order valence-electron chi connectivity index (χ2n) is 4.26. The molecule has 106 valence electrons. The number of nitrogens with one attached hydrogen (secondary N) is 1. The van der Waals surface area contributed by atoms with Crippen LogP contribution in [0.1, 0.15) is 30.2 Å². The van der Waals surface area contributed by atoms with E-state index in [0.29, 0.717) is 10.2 Å². The van der Waals surface area contributed by atoms with Gasteiger partial charge in [0.1, 0.15) is 5.03 Å². The van der Waals surface area contributed by atoms with Crippen LogP contribution in [0.2, 0.25) is 0 Å². The van der Waals surface area contributed by atoms with Crippen molar-refractivity contribution in [2.75, 3.05) is 5.73 Å². The number of carboxylic acid groups (broad SMARTS) is 1. The van der Waals surface area contributed by atoms with Crippen LogP contribution in [-0.4, -0.2) is 30.8 Å². The summed E-state index contributed by atoms with van der Waals surface area (Å²) in [6.45, 7) is 3.68. The molecule has 0 aliphatic heterocycles. The molecule has 20 heavy (non-hydrogen) atoms. The normalized spacial score (nSPS) is 10.9. The molecule has 0 radical (unpaired) electrons. The van der Waals surface area contributed by atoms with Gasteiger partial charge in [0.05, 0.1) is 11.3 Å². The fourth-order valence-electron chi connectivity index (χ4n) is 1.63. The van der Waals surface area contributed by atoms with Crippen LogP contribution in [0.5, 0.6) is 0 Å². The lowest BCUT2D eigenvalue weighted by Gasteiger charge is -2.09. The molecule has 0 bridgehead atoms. The van der Waals surface area contributed by atoms with Crippen LogP contribution in [0, 0.1) is 0 Å². The van der Waals surface area contributed by atoms with E-state index in [4.69, 9.17) is 10.8 Å². The first-order valence-corrected chi connectivity index (χ1v) is 6.56. The third-order valence-corrected chi connectivity index (χ3v) is 3.55. The Morgan fingerprint density at radius 1 is 1.55 bits per heavy atom. The molecule has 0 aliphatic carbocycles. The Morgan fingerprint density at radius 2 is 2.25 bits per heavy atom.